The first-order valence-electron chi connectivity index (χ1n) is 9.18. The largest absolute Gasteiger partial charge is 0.489 e. The van der Waals surface area contributed by atoms with Crippen LogP contribution in [0.3, 0.4) is 0 Å². The smallest absolute Gasteiger partial charge is 0.319 e. The topological polar surface area (TPSA) is 95.9 Å². The Morgan fingerprint density at radius 2 is 2.14 bits per heavy atom. The normalized spacial score (nSPS) is 16.7. The lowest BCUT2D eigenvalue weighted by atomic mass is 10.2. The van der Waals surface area contributed by atoms with Crippen molar-refractivity contribution in [2.75, 3.05) is 40.5 Å². The summed E-state index contributed by atoms with van der Waals surface area (Å²) in [5.41, 5.74) is 1.51. The van der Waals surface area contributed by atoms with Crippen molar-refractivity contribution in [1.29, 1.82) is 0 Å². The van der Waals surface area contributed by atoms with E-state index in [4.69, 9.17) is 18.9 Å². The highest BCUT2D eigenvalue weighted by atomic mass is 16.5. The van der Waals surface area contributed by atoms with Gasteiger partial charge >= 0.3 is 6.01 Å². The third kappa shape index (κ3) is 5.64. The Labute approximate surface area is 169 Å². The number of morpholine rings is 1. The van der Waals surface area contributed by atoms with E-state index in [2.05, 4.69) is 15.0 Å². The Balaban J connectivity index is 1.56. The second-order valence-corrected chi connectivity index (χ2v) is 6.38. The van der Waals surface area contributed by atoms with Gasteiger partial charge in [0.15, 0.2) is 0 Å². The van der Waals surface area contributed by atoms with Gasteiger partial charge in [0, 0.05) is 24.5 Å². The van der Waals surface area contributed by atoms with Crippen molar-refractivity contribution in [3.63, 3.8) is 0 Å². The molecule has 1 unspecified atom stereocenters. The fraction of sp³-hybridized carbons (Fsp3) is 0.400. The summed E-state index contributed by atoms with van der Waals surface area (Å²) in [7, 11) is 2.97. The van der Waals surface area contributed by atoms with Gasteiger partial charge in [-0.3, -0.25) is 9.78 Å². The highest BCUT2D eigenvalue weighted by Crippen LogP contribution is 2.19. The quantitative estimate of drug-likeness (QED) is 0.646. The summed E-state index contributed by atoms with van der Waals surface area (Å²) >= 11 is 0. The minimum atomic E-state index is -0.207. The molecule has 2 aromatic rings. The van der Waals surface area contributed by atoms with Crippen LogP contribution in [0.15, 0.2) is 30.6 Å². The van der Waals surface area contributed by atoms with E-state index in [9.17, 15) is 4.79 Å². The lowest BCUT2D eigenvalue weighted by Gasteiger charge is -2.32. The molecule has 0 N–H and O–H groups in total. The van der Waals surface area contributed by atoms with E-state index in [0.29, 0.717) is 43.5 Å². The van der Waals surface area contributed by atoms with Crippen LogP contribution in [-0.4, -0.2) is 72.4 Å². The zero-order valence-corrected chi connectivity index (χ0v) is 16.7. The lowest BCUT2D eigenvalue weighted by molar-refractivity contribution is -0.134. The van der Waals surface area contributed by atoms with Crippen LogP contribution in [0.1, 0.15) is 11.3 Å². The number of ether oxygens (including phenoxy) is 4. The van der Waals surface area contributed by atoms with Crippen molar-refractivity contribution in [2.24, 2.45) is 0 Å². The van der Waals surface area contributed by atoms with Gasteiger partial charge in [-0.2, -0.15) is 4.98 Å². The molecule has 154 valence electrons. The average Bonchev–Trinajstić information content (AvgIpc) is 2.77. The van der Waals surface area contributed by atoms with Crippen molar-refractivity contribution in [3.8, 4) is 17.6 Å². The van der Waals surface area contributed by atoms with E-state index in [1.54, 1.807) is 23.4 Å². The number of hydrogen-bond donors (Lipinski definition) is 0. The lowest BCUT2D eigenvalue weighted by Crippen LogP contribution is -2.47. The van der Waals surface area contributed by atoms with Gasteiger partial charge in [-0.1, -0.05) is 0 Å². The Bertz CT molecular complexity index is 856. The SMILES string of the molecule is COc1ncc(/C=C/C(=O)N2CCOC(COc3ccc(C)nc3)C2)c(OC)n1. The number of methoxy groups -OCH3 is 2. The fourth-order valence-electron chi connectivity index (χ4n) is 2.75. The van der Waals surface area contributed by atoms with Crippen LogP contribution in [0, 0.1) is 6.92 Å². The van der Waals surface area contributed by atoms with Crippen LogP contribution in [0.5, 0.6) is 17.6 Å². The van der Waals surface area contributed by atoms with Crippen LogP contribution in [0.4, 0.5) is 0 Å². The molecular weight excluding hydrogens is 376 g/mol. The van der Waals surface area contributed by atoms with Crippen LogP contribution < -0.4 is 14.2 Å². The van der Waals surface area contributed by atoms with Crippen molar-refractivity contribution in [1.82, 2.24) is 19.9 Å². The third-order valence-corrected chi connectivity index (χ3v) is 4.31. The predicted molar refractivity (Wildman–Crippen MR) is 105 cm³/mol. The predicted octanol–water partition coefficient (Wildman–Crippen LogP) is 1.52. The summed E-state index contributed by atoms with van der Waals surface area (Å²) in [6, 6.07) is 3.95. The van der Waals surface area contributed by atoms with Crippen LogP contribution in [0.25, 0.3) is 6.08 Å². The maximum absolute atomic E-state index is 12.6. The van der Waals surface area contributed by atoms with Gasteiger partial charge in [0.2, 0.25) is 11.8 Å². The number of carbonyl (C=O) groups excluding carboxylic acids is 1. The van der Waals surface area contributed by atoms with E-state index in [1.165, 1.54) is 20.3 Å². The van der Waals surface area contributed by atoms with Crippen molar-refractivity contribution >= 4 is 12.0 Å². The zero-order chi connectivity index (χ0) is 20.6. The maximum Gasteiger partial charge on any atom is 0.319 e. The van der Waals surface area contributed by atoms with Gasteiger partial charge in [0.05, 0.1) is 39.1 Å². The molecule has 1 fully saturated rings. The number of hydrogen-bond acceptors (Lipinski definition) is 8. The van der Waals surface area contributed by atoms with Gasteiger partial charge in [0.25, 0.3) is 0 Å². The molecule has 0 saturated carbocycles. The summed E-state index contributed by atoms with van der Waals surface area (Å²) in [5.74, 6) is 0.878. The van der Waals surface area contributed by atoms with E-state index in [1.807, 2.05) is 19.1 Å². The standard InChI is InChI=1S/C20H24N4O5/c1-14-4-6-16(11-21-14)29-13-17-12-24(8-9-28-17)18(25)7-5-15-10-22-20(27-3)23-19(15)26-2/h4-7,10-11,17H,8-9,12-13H2,1-3H3/b7-5+. The Morgan fingerprint density at radius 1 is 1.28 bits per heavy atom. The molecular formula is C20H24N4O5. The molecule has 1 atom stereocenters. The van der Waals surface area contributed by atoms with Gasteiger partial charge in [-0.05, 0) is 25.1 Å². The number of aryl methyl sites for hydroxylation is 1. The van der Waals surface area contributed by atoms with Gasteiger partial charge in [-0.25, -0.2) is 4.98 Å². The molecule has 0 spiro atoms. The first-order chi connectivity index (χ1) is 14.1. The number of pyridine rings is 1. The van der Waals surface area contributed by atoms with Crippen LogP contribution in [0.2, 0.25) is 0 Å². The first-order valence-corrected chi connectivity index (χ1v) is 9.18. The monoisotopic (exact) mass is 400 g/mol. The minimum Gasteiger partial charge on any atom is -0.489 e. The molecule has 0 aliphatic carbocycles. The summed E-state index contributed by atoms with van der Waals surface area (Å²) in [4.78, 5) is 26.6. The van der Waals surface area contributed by atoms with E-state index >= 15 is 0 Å². The molecule has 9 heteroatoms. The van der Waals surface area contributed by atoms with Crippen LogP contribution >= 0.6 is 0 Å². The average molecular weight is 400 g/mol. The summed E-state index contributed by atoms with van der Waals surface area (Å²) < 4.78 is 21.6. The molecule has 9 nitrogen and oxygen atoms in total. The van der Waals surface area contributed by atoms with E-state index in [-0.39, 0.29) is 18.0 Å². The second-order valence-electron chi connectivity index (χ2n) is 6.38. The third-order valence-electron chi connectivity index (χ3n) is 4.31. The van der Waals surface area contributed by atoms with Crippen LogP contribution in [-0.2, 0) is 9.53 Å². The molecule has 3 heterocycles. The minimum absolute atomic E-state index is 0.131. The number of amides is 1. The molecule has 29 heavy (non-hydrogen) atoms. The Hall–Kier alpha value is -3.20. The molecule has 0 bridgehead atoms. The van der Waals surface area contributed by atoms with Gasteiger partial charge < -0.3 is 23.8 Å². The van der Waals surface area contributed by atoms with Crippen molar-refractivity contribution in [3.05, 3.63) is 41.9 Å². The Kier molecular flexibility index (Phi) is 6.96. The van der Waals surface area contributed by atoms with Gasteiger partial charge in [-0.15, -0.1) is 0 Å². The summed E-state index contributed by atoms with van der Waals surface area (Å²) in [6.07, 6.45) is 6.11. The highest BCUT2D eigenvalue weighted by Gasteiger charge is 2.23. The number of carbonyl (C=O) groups is 1. The maximum atomic E-state index is 12.6. The number of aromatic nitrogens is 3. The molecule has 0 aromatic carbocycles. The first kappa shape index (κ1) is 20.5. The molecule has 0 radical (unpaired) electrons. The van der Waals surface area contributed by atoms with E-state index in [0.717, 1.165) is 5.69 Å². The fourth-order valence-corrected chi connectivity index (χ4v) is 2.75. The van der Waals surface area contributed by atoms with Crippen molar-refractivity contribution < 1.29 is 23.7 Å². The zero-order valence-electron chi connectivity index (χ0n) is 16.7. The summed E-state index contributed by atoms with van der Waals surface area (Å²) in [6.45, 7) is 3.67. The van der Waals surface area contributed by atoms with Gasteiger partial charge in [0.1, 0.15) is 18.5 Å². The molecule has 2 aromatic heterocycles. The molecule has 1 aliphatic rings. The number of rotatable bonds is 7. The van der Waals surface area contributed by atoms with E-state index < -0.39 is 0 Å². The number of nitrogens with zero attached hydrogens (tertiary/aromatic N) is 4. The molecule has 1 saturated heterocycles. The Morgan fingerprint density at radius 3 is 2.86 bits per heavy atom. The highest BCUT2D eigenvalue weighted by molar-refractivity contribution is 5.92. The molecule has 3 rings (SSSR count). The summed E-state index contributed by atoms with van der Waals surface area (Å²) in [5, 5.41) is 0. The molecule has 1 aliphatic heterocycles. The molecule has 1 amide bonds. The van der Waals surface area contributed by atoms with Crippen molar-refractivity contribution in [2.45, 2.75) is 13.0 Å². The second kappa shape index (κ2) is 9.83.